The number of benzene rings is 1. The molecule has 1 amide bonds. The first-order valence-corrected chi connectivity index (χ1v) is 10.2. The number of aryl methyl sites for hydroxylation is 1. The molecule has 2 aliphatic rings. The van der Waals surface area contributed by atoms with Crippen molar-refractivity contribution in [3.8, 4) is 0 Å². The summed E-state index contributed by atoms with van der Waals surface area (Å²) in [7, 11) is 0. The largest absolute Gasteiger partial charge is 0.460 e. The van der Waals surface area contributed by atoms with Crippen molar-refractivity contribution in [3.63, 3.8) is 0 Å². The van der Waals surface area contributed by atoms with Crippen LogP contribution in [0.1, 0.15) is 50.3 Å². The summed E-state index contributed by atoms with van der Waals surface area (Å²) in [5.74, 6) is -0.183. The number of carbonyl (C=O) groups is 2. The summed E-state index contributed by atoms with van der Waals surface area (Å²) in [4.78, 5) is 30.2. The molecule has 2 aromatic rings. The number of ether oxygens (including phenoxy) is 1. The molecule has 144 valence electrons. The second-order valence-corrected chi connectivity index (χ2v) is 8.01. The number of hydrogen-bond donors (Lipinski definition) is 1. The van der Waals surface area contributed by atoms with Gasteiger partial charge in [0.15, 0.2) is 0 Å². The average molecular weight is 389 g/mol. The van der Waals surface area contributed by atoms with Gasteiger partial charge in [-0.3, -0.25) is 4.79 Å². The second kappa shape index (κ2) is 7.55. The Morgan fingerprint density at radius 3 is 3.00 bits per heavy atom. The number of likely N-dealkylation sites (tertiary alicyclic amines) is 1. The minimum absolute atomic E-state index is 0.0640. The Balaban J connectivity index is 1.46. The van der Waals surface area contributed by atoms with Crippen molar-refractivity contribution in [3.05, 3.63) is 34.5 Å². The maximum absolute atomic E-state index is 12.8. The van der Waals surface area contributed by atoms with Gasteiger partial charge in [-0.15, -0.1) is 0 Å². The molecule has 6 heteroatoms. The third-order valence-corrected chi connectivity index (χ3v) is 5.93. The van der Waals surface area contributed by atoms with Gasteiger partial charge >= 0.3 is 5.97 Å². The number of aromatic amines is 1. The summed E-state index contributed by atoms with van der Waals surface area (Å²) in [6, 6.07) is 5.43. The van der Waals surface area contributed by atoms with Crippen molar-refractivity contribution in [2.75, 3.05) is 6.54 Å². The van der Waals surface area contributed by atoms with Gasteiger partial charge in [0.25, 0.3) is 0 Å². The highest BCUT2D eigenvalue weighted by molar-refractivity contribution is 6.31. The number of hydrogen-bond acceptors (Lipinski definition) is 3. The number of H-pyrrole nitrogens is 1. The second-order valence-electron chi connectivity index (χ2n) is 7.57. The van der Waals surface area contributed by atoms with Crippen LogP contribution in [-0.2, 0) is 27.2 Å². The summed E-state index contributed by atoms with van der Waals surface area (Å²) in [6.07, 6.45) is 5.05. The average Bonchev–Trinajstić information content (AvgIpc) is 3.26. The van der Waals surface area contributed by atoms with E-state index < -0.39 is 6.04 Å². The molecular formula is C21H25ClN2O3. The van der Waals surface area contributed by atoms with Crippen molar-refractivity contribution in [1.82, 2.24) is 9.88 Å². The number of carbonyl (C=O) groups excluding carboxylic acids is 2. The highest BCUT2D eigenvalue weighted by atomic mass is 35.5. The fourth-order valence-corrected chi connectivity index (χ4v) is 4.54. The quantitative estimate of drug-likeness (QED) is 0.805. The normalized spacial score (nSPS) is 22.1. The topological polar surface area (TPSA) is 62.4 Å². The van der Waals surface area contributed by atoms with Crippen LogP contribution in [0.3, 0.4) is 0 Å². The van der Waals surface area contributed by atoms with E-state index in [0.29, 0.717) is 30.8 Å². The van der Waals surface area contributed by atoms with Gasteiger partial charge in [-0.25, -0.2) is 4.79 Å². The van der Waals surface area contributed by atoms with Crippen molar-refractivity contribution < 1.29 is 14.3 Å². The molecule has 1 aromatic heterocycles. The summed E-state index contributed by atoms with van der Waals surface area (Å²) in [5.41, 5.74) is 3.48. The zero-order valence-corrected chi connectivity index (χ0v) is 16.3. The van der Waals surface area contributed by atoms with E-state index >= 15 is 0 Å². The smallest absolute Gasteiger partial charge is 0.329 e. The number of fused-ring (bicyclic) bond motifs is 3. The summed E-state index contributed by atoms with van der Waals surface area (Å²) in [5, 5.41) is 1.82. The fraction of sp³-hybridized carbons (Fsp3) is 0.524. The molecule has 0 radical (unpaired) electrons. The molecule has 2 unspecified atom stereocenters. The van der Waals surface area contributed by atoms with Crippen molar-refractivity contribution in [1.29, 1.82) is 0 Å². The maximum Gasteiger partial charge on any atom is 0.329 e. The predicted molar refractivity (Wildman–Crippen MR) is 105 cm³/mol. The molecule has 27 heavy (non-hydrogen) atoms. The third-order valence-electron chi connectivity index (χ3n) is 5.70. The minimum atomic E-state index is -0.414. The highest BCUT2D eigenvalue weighted by Gasteiger charge is 2.36. The van der Waals surface area contributed by atoms with E-state index in [2.05, 4.69) is 4.98 Å². The molecule has 2 atom stereocenters. The van der Waals surface area contributed by atoms with Gasteiger partial charge in [-0.1, -0.05) is 18.5 Å². The molecule has 1 aliphatic heterocycles. The summed E-state index contributed by atoms with van der Waals surface area (Å²) >= 11 is 6.16. The van der Waals surface area contributed by atoms with Crippen LogP contribution in [0.15, 0.2) is 18.2 Å². The van der Waals surface area contributed by atoms with Crippen molar-refractivity contribution in [2.24, 2.45) is 0 Å². The third kappa shape index (κ3) is 3.57. The van der Waals surface area contributed by atoms with Crippen LogP contribution < -0.4 is 0 Å². The molecule has 1 N–H and O–H groups in total. The first-order chi connectivity index (χ1) is 13.1. The Morgan fingerprint density at radius 2 is 2.19 bits per heavy atom. The predicted octanol–water partition coefficient (Wildman–Crippen LogP) is 4.01. The Labute approximate surface area is 164 Å². The molecule has 0 bridgehead atoms. The molecule has 1 fully saturated rings. The molecule has 0 spiro atoms. The van der Waals surface area contributed by atoms with Gasteiger partial charge in [0, 0.05) is 41.0 Å². The first kappa shape index (κ1) is 18.4. The first-order valence-electron chi connectivity index (χ1n) is 9.85. The monoisotopic (exact) mass is 388 g/mol. The molecule has 1 aliphatic carbocycles. The number of amides is 1. The maximum atomic E-state index is 12.8. The van der Waals surface area contributed by atoms with Gasteiger partial charge in [-0.2, -0.15) is 0 Å². The Kier molecular flexibility index (Phi) is 5.13. The van der Waals surface area contributed by atoms with Gasteiger partial charge < -0.3 is 14.6 Å². The van der Waals surface area contributed by atoms with E-state index in [1.165, 1.54) is 11.3 Å². The van der Waals surface area contributed by atoms with Gasteiger partial charge in [0.05, 0.1) is 0 Å². The number of nitrogens with zero attached hydrogens (tertiary/aromatic N) is 1. The van der Waals surface area contributed by atoms with Crippen LogP contribution in [0.25, 0.3) is 10.9 Å². The lowest BCUT2D eigenvalue weighted by Crippen LogP contribution is -2.43. The van der Waals surface area contributed by atoms with Crippen molar-refractivity contribution in [2.45, 2.75) is 64.0 Å². The zero-order chi connectivity index (χ0) is 19.0. The van der Waals surface area contributed by atoms with Crippen LogP contribution in [0, 0.1) is 0 Å². The fourth-order valence-electron chi connectivity index (χ4n) is 4.37. The lowest BCUT2D eigenvalue weighted by Gasteiger charge is -2.27. The lowest BCUT2D eigenvalue weighted by molar-refractivity contribution is -0.158. The van der Waals surface area contributed by atoms with Gasteiger partial charge in [0.2, 0.25) is 5.91 Å². The molecule has 5 nitrogen and oxygen atoms in total. The lowest BCUT2D eigenvalue weighted by atomic mass is 9.93. The molecule has 4 rings (SSSR count). The van der Waals surface area contributed by atoms with Crippen LogP contribution in [0.4, 0.5) is 0 Å². The molecule has 2 heterocycles. The highest BCUT2D eigenvalue weighted by Crippen LogP contribution is 2.32. The van der Waals surface area contributed by atoms with Crippen LogP contribution in [-0.4, -0.2) is 40.5 Å². The number of rotatable bonds is 4. The van der Waals surface area contributed by atoms with E-state index in [0.717, 1.165) is 36.6 Å². The summed E-state index contributed by atoms with van der Waals surface area (Å²) in [6.45, 7) is 2.64. The van der Waals surface area contributed by atoms with E-state index in [9.17, 15) is 9.59 Å². The van der Waals surface area contributed by atoms with E-state index in [1.54, 1.807) is 4.90 Å². The Hall–Kier alpha value is -2.01. The van der Waals surface area contributed by atoms with Crippen LogP contribution in [0.2, 0.25) is 5.02 Å². The van der Waals surface area contributed by atoms with Crippen LogP contribution in [0.5, 0.6) is 0 Å². The van der Waals surface area contributed by atoms with Gasteiger partial charge in [0.1, 0.15) is 12.1 Å². The van der Waals surface area contributed by atoms with Crippen molar-refractivity contribution >= 4 is 34.4 Å². The van der Waals surface area contributed by atoms with Crippen LogP contribution >= 0.6 is 11.6 Å². The molecule has 0 saturated carbocycles. The number of halogens is 1. The number of nitrogens with one attached hydrogen (secondary N) is 1. The Morgan fingerprint density at radius 1 is 1.33 bits per heavy atom. The summed E-state index contributed by atoms with van der Waals surface area (Å²) < 4.78 is 5.86. The van der Waals surface area contributed by atoms with Gasteiger partial charge in [-0.05, 0) is 55.9 Å². The number of esters is 1. The minimum Gasteiger partial charge on any atom is -0.460 e. The van der Waals surface area contributed by atoms with E-state index in [-0.39, 0.29) is 18.0 Å². The zero-order valence-electron chi connectivity index (χ0n) is 15.6. The van der Waals surface area contributed by atoms with E-state index in [1.807, 2.05) is 25.1 Å². The molecule has 1 aromatic carbocycles. The SMILES string of the molecule is CCCC(=O)N1CCCC1C(=O)OC1CCc2[nH]c3ccc(Cl)cc3c2C1. The number of aromatic nitrogens is 1. The molecule has 1 saturated heterocycles. The standard InChI is InChI=1S/C21H25ClN2O3/c1-2-4-20(25)24-10-3-5-19(24)21(26)27-14-7-9-18-16(12-14)15-11-13(22)6-8-17(15)23-18/h6,8,11,14,19,23H,2-5,7,9-10,12H2,1H3. The van der Waals surface area contributed by atoms with E-state index in [4.69, 9.17) is 16.3 Å². The molecular weight excluding hydrogens is 364 g/mol. The Bertz CT molecular complexity index is 876.